The summed E-state index contributed by atoms with van der Waals surface area (Å²) >= 11 is 9.51. The fourth-order valence-electron chi connectivity index (χ4n) is 1.67. The highest BCUT2D eigenvalue weighted by Crippen LogP contribution is 2.20. The Morgan fingerprint density at radius 2 is 2.05 bits per heavy atom. The summed E-state index contributed by atoms with van der Waals surface area (Å²) in [5.74, 6) is 0.588. The first kappa shape index (κ1) is 15.3. The second-order valence-electron chi connectivity index (χ2n) is 4.31. The van der Waals surface area contributed by atoms with Crippen molar-refractivity contribution in [2.75, 3.05) is 6.54 Å². The second kappa shape index (κ2) is 7.62. The predicted molar refractivity (Wildman–Crippen MR) is 85.1 cm³/mol. The molecule has 0 amide bonds. The van der Waals surface area contributed by atoms with Crippen LogP contribution < -0.4 is 10.1 Å². The van der Waals surface area contributed by atoms with Crippen molar-refractivity contribution in [2.45, 2.75) is 20.1 Å². The summed E-state index contributed by atoms with van der Waals surface area (Å²) in [6.07, 6.45) is 1.63. The molecule has 0 saturated carbocycles. The van der Waals surface area contributed by atoms with Crippen molar-refractivity contribution in [3.63, 3.8) is 0 Å². The van der Waals surface area contributed by atoms with Gasteiger partial charge in [0.2, 0.25) is 5.88 Å². The van der Waals surface area contributed by atoms with Gasteiger partial charge in [0.1, 0.15) is 6.61 Å². The number of nitrogens with one attached hydrogen (secondary N) is 1. The van der Waals surface area contributed by atoms with Gasteiger partial charge in [-0.1, -0.05) is 46.6 Å². The molecule has 0 saturated heterocycles. The largest absolute Gasteiger partial charge is 0.473 e. The van der Waals surface area contributed by atoms with Gasteiger partial charge in [0.25, 0.3) is 0 Å². The van der Waals surface area contributed by atoms with Crippen LogP contribution in [0.15, 0.2) is 41.0 Å². The minimum atomic E-state index is 0.489. The normalized spacial score (nSPS) is 10.6. The molecule has 0 bridgehead atoms. The first-order valence-electron chi connectivity index (χ1n) is 6.41. The second-order valence-corrected chi connectivity index (χ2v) is 5.63. The van der Waals surface area contributed by atoms with Crippen molar-refractivity contribution >= 4 is 27.5 Å². The number of benzene rings is 1. The number of nitrogens with zero attached hydrogens (tertiary/aromatic N) is 1. The van der Waals surface area contributed by atoms with Crippen LogP contribution in [-0.4, -0.2) is 11.5 Å². The summed E-state index contributed by atoms with van der Waals surface area (Å²) in [5, 5.41) is 3.89. The molecule has 5 heteroatoms. The van der Waals surface area contributed by atoms with E-state index in [0.717, 1.165) is 22.1 Å². The zero-order valence-corrected chi connectivity index (χ0v) is 13.5. The van der Waals surface area contributed by atoms with E-state index in [1.807, 2.05) is 30.3 Å². The van der Waals surface area contributed by atoms with Gasteiger partial charge in [0.15, 0.2) is 0 Å². The molecule has 2 aromatic rings. The van der Waals surface area contributed by atoms with E-state index in [9.17, 15) is 0 Å². The number of aromatic nitrogens is 1. The van der Waals surface area contributed by atoms with Crippen molar-refractivity contribution in [3.05, 3.63) is 57.2 Å². The zero-order valence-electron chi connectivity index (χ0n) is 11.2. The molecule has 1 heterocycles. The molecule has 0 spiro atoms. The molecule has 1 N–H and O–H groups in total. The fourth-order valence-corrected chi connectivity index (χ4v) is 2.10. The van der Waals surface area contributed by atoms with Gasteiger partial charge in [-0.25, -0.2) is 4.98 Å². The Kier molecular flexibility index (Phi) is 5.83. The van der Waals surface area contributed by atoms with Gasteiger partial charge < -0.3 is 10.1 Å². The lowest BCUT2D eigenvalue weighted by Crippen LogP contribution is -2.12. The van der Waals surface area contributed by atoms with Crippen LogP contribution in [0.1, 0.15) is 18.1 Å². The monoisotopic (exact) mass is 354 g/mol. The van der Waals surface area contributed by atoms with Crippen molar-refractivity contribution < 1.29 is 4.74 Å². The standard InChI is InChI=1S/C15H16BrClN2O/c1-2-18-8-12-7-15(19-9-14(12)17)20-10-11-3-5-13(16)6-4-11/h3-7,9,18H,2,8,10H2,1H3. The number of hydrogen-bond acceptors (Lipinski definition) is 3. The van der Waals surface area contributed by atoms with E-state index in [1.54, 1.807) is 6.20 Å². The molecule has 20 heavy (non-hydrogen) atoms. The van der Waals surface area contributed by atoms with Gasteiger partial charge in [-0.3, -0.25) is 0 Å². The highest BCUT2D eigenvalue weighted by molar-refractivity contribution is 9.10. The molecule has 0 atom stereocenters. The average Bonchev–Trinajstić information content (AvgIpc) is 2.46. The third kappa shape index (κ3) is 4.47. The first-order chi connectivity index (χ1) is 9.69. The molecule has 0 aliphatic rings. The Bertz CT molecular complexity index is 560. The van der Waals surface area contributed by atoms with Crippen LogP contribution in [0.25, 0.3) is 0 Å². The Morgan fingerprint density at radius 1 is 1.30 bits per heavy atom. The molecule has 1 aromatic carbocycles. The van der Waals surface area contributed by atoms with Crippen LogP contribution in [0.2, 0.25) is 5.02 Å². The fraction of sp³-hybridized carbons (Fsp3) is 0.267. The number of hydrogen-bond donors (Lipinski definition) is 1. The SMILES string of the molecule is CCNCc1cc(OCc2ccc(Br)cc2)ncc1Cl. The van der Waals surface area contributed by atoms with E-state index in [4.69, 9.17) is 16.3 Å². The van der Waals surface area contributed by atoms with E-state index >= 15 is 0 Å². The molecule has 2 rings (SSSR count). The highest BCUT2D eigenvalue weighted by Gasteiger charge is 2.04. The molecular formula is C15H16BrClN2O. The van der Waals surface area contributed by atoms with Crippen molar-refractivity contribution in [1.29, 1.82) is 0 Å². The van der Waals surface area contributed by atoms with E-state index in [-0.39, 0.29) is 0 Å². The third-order valence-electron chi connectivity index (χ3n) is 2.78. The molecule has 0 radical (unpaired) electrons. The number of pyridine rings is 1. The summed E-state index contributed by atoms with van der Waals surface area (Å²) in [6.45, 7) is 4.16. The summed E-state index contributed by atoms with van der Waals surface area (Å²) in [5.41, 5.74) is 2.09. The van der Waals surface area contributed by atoms with Gasteiger partial charge in [-0.2, -0.15) is 0 Å². The van der Waals surface area contributed by atoms with Crippen LogP contribution in [0.3, 0.4) is 0 Å². The minimum Gasteiger partial charge on any atom is -0.473 e. The van der Waals surface area contributed by atoms with Gasteiger partial charge in [-0.15, -0.1) is 0 Å². The van der Waals surface area contributed by atoms with Crippen molar-refractivity contribution in [3.8, 4) is 5.88 Å². The van der Waals surface area contributed by atoms with Crippen LogP contribution in [0.4, 0.5) is 0 Å². The summed E-state index contributed by atoms with van der Waals surface area (Å²) < 4.78 is 6.75. The first-order valence-corrected chi connectivity index (χ1v) is 7.58. The number of halogens is 2. The summed E-state index contributed by atoms with van der Waals surface area (Å²) in [7, 11) is 0. The molecule has 1 aromatic heterocycles. The lowest BCUT2D eigenvalue weighted by Gasteiger charge is -2.09. The molecule has 0 fully saturated rings. The molecule has 106 valence electrons. The topological polar surface area (TPSA) is 34.1 Å². The van der Waals surface area contributed by atoms with Gasteiger partial charge in [0.05, 0.1) is 5.02 Å². The van der Waals surface area contributed by atoms with Gasteiger partial charge >= 0.3 is 0 Å². The minimum absolute atomic E-state index is 0.489. The van der Waals surface area contributed by atoms with E-state index in [0.29, 0.717) is 24.1 Å². The molecule has 3 nitrogen and oxygen atoms in total. The maximum Gasteiger partial charge on any atom is 0.213 e. The highest BCUT2D eigenvalue weighted by atomic mass is 79.9. The lowest BCUT2D eigenvalue weighted by molar-refractivity contribution is 0.293. The smallest absolute Gasteiger partial charge is 0.213 e. The maximum atomic E-state index is 6.10. The zero-order chi connectivity index (χ0) is 14.4. The van der Waals surface area contributed by atoms with Crippen molar-refractivity contribution in [2.24, 2.45) is 0 Å². The van der Waals surface area contributed by atoms with E-state index in [1.165, 1.54) is 0 Å². The van der Waals surface area contributed by atoms with Crippen LogP contribution in [0.5, 0.6) is 5.88 Å². The quantitative estimate of drug-likeness (QED) is 0.844. The predicted octanol–water partition coefficient (Wildman–Crippen LogP) is 4.19. The lowest BCUT2D eigenvalue weighted by atomic mass is 10.2. The van der Waals surface area contributed by atoms with E-state index in [2.05, 4.69) is 33.2 Å². The van der Waals surface area contributed by atoms with Crippen molar-refractivity contribution in [1.82, 2.24) is 10.3 Å². The van der Waals surface area contributed by atoms with Crippen LogP contribution in [0, 0.1) is 0 Å². The van der Waals surface area contributed by atoms with E-state index < -0.39 is 0 Å². The molecular weight excluding hydrogens is 340 g/mol. The van der Waals surface area contributed by atoms with Gasteiger partial charge in [-0.05, 0) is 29.8 Å². The third-order valence-corrected chi connectivity index (χ3v) is 3.64. The number of ether oxygens (including phenoxy) is 1. The van der Waals surface area contributed by atoms with Gasteiger partial charge in [0, 0.05) is 23.3 Å². The Morgan fingerprint density at radius 3 is 2.75 bits per heavy atom. The molecule has 0 aliphatic carbocycles. The summed E-state index contributed by atoms with van der Waals surface area (Å²) in [4.78, 5) is 4.19. The Labute approximate surface area is 132 Å². The molecule has 0 unspecified atom stereocenters. The molecule has 0 aliphatic heterocycles. The van der Waals surface area contributed by atoms with Crippen LogP contribution >= 0.6 is 27.5 Å². The maximum absolute atomic E-state index is 6.10. The average molecular weight is 356 g/mol. The Balaban J connectivity index is 2.00. The Hall–Kier alpha value is -1.10. The summed E-state index contributed by atoms with van der Waals surface area (Å²) in [6, 6.07) is 9.89. The number of rotatable bonds is 6. The van der Waals surface area contributed by atoms with Crippen LogP contribution in [-0.2, 0) is 13.2 Å².